The van der Waals surface area contributed by atoms with E-state index in [9.17, 15) is 9.59 Å². The second-order valence-electron chi connectivity index (χ2n) is 4.73. The van der Waals surface area contributed by atoms with Gasteiger partial charge in [0.15, 0.2) is 0 Å². The van der Waals surface area contributed by atoms with Crippen molar-refractivity contribution in [1.82, 2.24) is 5.32 Å². The molecule has 108 valence electrons. The number of benzene rings is 1. The number of carbonyl (C=O) groups excluding carboxylic acids is 2. The third kappa shape index (κ3) is 2.66. The van der Waals surface area contributed by atoms with Crippen LogP contribution in [0.5, 0.6) is 0 Å². The van der Waals surface area contributed by atoms with Gasteiger partial charge in [0, 0.05) is 5.69 Å². The summed E-state index contributed by atoms with van der Waals surface area (Å²) in [7, 11) is 0. The number of anilines is 1. The van der Waals surface area contributed by atoms with Crippen LogP contribution in [0.2, 0.25) is 0 Å². The fourth-order valence-electron chi connectivity index (χ4n) is 2.14. The molecule has 3 rings (SSSR count). The number of nitrogens with one attached hydrogen (secondary N) is 2. The van der Waals surface area contributed by atoms with Crippen molar-refractivity contribution in [2.75, 3.05) is 12.0 Å². The van der Waals surface area contributed by atoms with Crippen LogP contribution in [0.15, 0.2) is 41.0 Å². The number of rotatable bonds is 5. The lowest BCUT2D eigenvalue weighted by Crippen LogP contribution is -2.25. The van der Waals surface area contributed by atoms with Crippen molar-refractivity contribution < 1.29 is 18.7 Å². The molecule has 21 heavy (non-hydrogen) atoms. The van der Waals surface area contributed by atoms with E-state index in [0.29, 0.717) is 17.8 Å². The minimum atomic E-state index is -0.601. The number of ether oxygens (including phenoxy) is 1. The van der Waals surface area contributed by atoms with E-state index in [1.807, 2.05) is 19.1 Å². The first-order valence-electron chi connectivity index (χ1n) is 6.56. The number of furan rings is 1. The van der Waals surface area contributed by atoms with Crippen molar-refractivity contribution in [3.8, 4) is 0 Å². The molecule has 0 bridgehead atoms. The standard InChI is InChI=1S/C15H14N2O4/c1-9(13-3-2-6-20-13)16-8-17-10-4-5-11-12(7-10)15(19)21-14(11)18/h2-7,9,16-17H,8H2,1H3. The van der Waals surface area contributed by atoms with Gasteiger partial charge in [0.05, 0.1) is 30.1 Å². The van der Waals surface area contributed by atoms with Crippen LogP contribution in [-0.4, -0.2) is 18.6 Å². The van der Waals surface area contributed by atoms with Gasteiger partial charge in [-0.2, -0.15) is 0 Å². The van der Waals surface area contributed by atoms with Gasteiger partial charge in [0.1, 0.15) is 5.76 Å². The van der Waals surface area contributed by atoms with E-state index in [1.54, 1.807) is 24.5 Å². The number of fused-ring (bicyclic) bond motifs is 1. The van der Waals surface area contributed by atoms with E-state index >= 15 is 0 Å². The first kappa shape index (κ1) is 13.4. The molecule has 2 aromatic rings. The van der Waals surface area contributed by atoms with Gasteiger partial charge in [-0.1, -0.05) is 0 Å². The Morgan fingerprint density at radius 1 is 1.14 bits per heavy atom. The van der Waals surface area contributed by atoms with E-state index in [2.05, 4.69) is 15.4 Å². The Balaban J connectivity index is 1.60. The Morgan fingerprint density at radius 2 is 1.95 bits per heavy atom. The zero-order chi connectivity index (χ0) is 14.8. The summed E-state index contributed by atoms with van der Waals surface area (Å²) in [6.45, 7) is 2.48. The number of hydrogen-bond acceptors (Lipinski definition) is 6. The molecule has 2 heterocycles. The van der Waals surface area contributed by atoms with Gasteiger partial charge in [-0.25, -0.2) is 9.59 Å². The van der Waals surface area contributed by atoms with Gasteiger partial charge < -0.3 is 14.5 Å². The summed E-state index contributed by atoms with van der Waals surface area (Å²) in [4.78, 5) is 22.8. The topological polar surface area (TPSA) is 80.6 Å². The average molecular weight is 286 g/mol. The van der Waals surface area contributed by atoms with Gasteiger partial charge in [-0.3, -0.25) is 5.32 Å². The Hall–Kier alpha value is -2.60. The molecule has 1 atom stereocenters. The van der Waals surface area contributed by atoms with Crippen molar-refractivity contribution in [1.29, 1.82) is 0 Å². The maximum Gasteiger partial charge on any atom is 0.346 e. The predicted octanol–water partition coefficient (Wildman–Crippen LogP) is 2.31. The molecule has 6 nitrogen and oxygen atoms in total. The lowest BCUT2D eigenvalue weighted by Gasteiger charge is -2.13. The molecular formula is C15H14N2O4. The highest BCUT2D eigenvalue weighted by atomic mass is 16.6. The molecule has 0 amide bonds. The van der Waals surface area contributed by atoms with Crippen molar-refractivity contribution >= 4 is 17.6 Å². The molecule has 2 N–H and O–H groups in total. The molecule has 0 spiro atoms. The van der Waals surface area contributed by atoms with E-state index < -0.39 is 11.9 Å². The van der Waals surface area contributed by atoms with Crippen LogP contribution >= 0.6 is 0 Å². The summed E-state index contributed by atoms with van der Waals surface area (Å²) in [5.41, 5.74) is 1.34. The Kier molecular flexibility index (Phi) is 3.45. The van der Waals surface area contributed by atoms with Crippen LogP contribution in [-0.2, 0) is 4.74 Å². The molecule has 0 saturated carbocycles. The summed E-state index contributed by atoms with van der Waals surface area (Å²) in [6, 6.07) is 8.73. The molecule has 1 aliphatic heterocycles. The minimum Gasteiger partial charge on any atom is -0.468 e. The molecule has 1 aliphatic rings. The zero-order valence-electron chi connectivity index (χ0n) is 11.4. The molecule has 1 aromatic carbocycles. The Bertz CT molecular complexity index is 679. The average Bonchev–Trinajstić information content (AvgIpc) is 3.09. The molecule has 1 unspecified atom stereocenters. The molecule has 6 heteroatoms. The van der Waals surface area contributed by atoms with E-state index in [1.165, 1.54) is 0 Å². The van der Waals surface area contributed by atoms with Crippen molar-refractivity contribution in [2.24, 2.45) is 0 Å². The van der Waals surface area contributed by atoms with Crippen LogP contribution < -0.4 is 10.6 Å². The fourth-order valence-corrected chi connectivity index (χ4v) is 2.14. The van der Waals surface area contributed by atoms with Gasteiger partial charge in [-0.05, 0) is 37.3 Å². The third-order valence-electron chi connectivity index (χ3n) is 3.32. The Labute approximate surface area is 121 Å². The maximum absolute atomic E-state index is 11.5. The van der Waals surface area contributed by atoms with Crippen molar-refractivity contribution in [3.63, 3.8) is 0 Å². The van der Waals surface area contributed by atoms with Crippen molar-refractivity contribution in [2.45, 2.75) is 13.0 Å². The molecule has 1 aromatic heterocycles. The summed E-state index contributed by atoms with van der Waals surface area (Å²) in [5, 5.41) is 6.36. The van der Waals surface area contributed by atoms with Crippen LogP contribution in [0.1, 0.15) is 39.4 Å². The van der Waals surface area contributed by atoms with Gasteiger partial charge >= 0.3 is 11.9 Å². The van der Waals surface area contributed by atoms with Crippen LogP contribution in [0.3, 0.4) is 0 Å². The van der Waals surface area contributed by atoms with E-state index in [0.717, 1.165) is 11.4 Å². The van der Waals surface area contributed by atoms with E-state index in [-0.39, 0.29) is 6.04 Å². The molecule has 0 saturated heterocycles. The predicted molar refractivity (Wildman–Crippen MR) is 74.9 cm³/mol. The summed E-state index contributed by atoms with van der Waals surface area (Å²) in [5.74, 6) is -0.346. The van der Waals surface area contributed by atoms with Gasteiger partial charge in [0.25, 0.3) is 0 Å². The molecule has 0 radical (unpaired) electrons. The summed E-state index contributed by atoms with van der Waals surface area (Å²) >= 11 is 0. The number of esters is 2. The number of carbonyl (C=O) groups is 2. The first-order chi connectivity index (χ1) is 10.1. The minimum absolute atomic E-state index is 0.0634. The summed E-state index contributed by atoms with van der Waals surface area (Å²) < 4.78 is 9.84. The quantitative estimate of drug-likeness (QED) is 0.499. The maximum atomic E-state index is 11.5. The monoisotopic (exact) mass is 286 g/mol. The van der Waals surface area contributed by atoms with Crippen LogP contribution in [0, 0.1) is 0 Å². The van der Waals surface area contributed by atoms with E-state index in [4.69, 9.17) is 4.42 Å². The molecule has 0 aliphatic carbocycles. The molecule has 0 fully saturated rings. The highest BCUT2D eigenvalue weighted by Gasteiger charge is 2.29. The summed E-state index contributed by atoms with van der Waals surface area (Å²) in [6.07, 6.45) is 1.63. The fraction of sp³-hybridized carbons (Fsp3) is 0.200. The second kappa shape index (κ2) is 5.41. The second-order valence-corrected chi connectivity index (χ2v) is 4.73. The largest absolute Gasteiger partial charge is 0.468 e. The zero-order valence-corrected chi connectivity index (χ0v) is 11.4. The van der Waals surface area contributed by atoms with Crippen LogP contribution in [0.25, 0.3) is 0 Å². The smallest absolute Gasteiger partial charge is 0.346 e. The lowest BCUT2D eigenvalue weighted by atomic mass is 10.1. The highest BCUT2D eigenvalue weighted by molar-refractivity contribution is 6.15. The van der Waals surface area contributed by atoms with Crippen molar-refractivity contribution in [3.05, 3.63) is 53.5 Å². The first-order valence-corrected chi connectivity index (χ1v) is 6.56. The highest BCUT2D eigenvalue weighted by Crippen LogP contribution is 2.23. The SMILES string of the molecule is CC(NCNc1ccc2c(c1)C(=O)OC2=O)c1ccco1. The van der Waals surface area contributed by atoms with Gasteiger partial charge in [-0.15, -0.1) is 0 Å². The van der Waals surface area contributed by atoms with Crippen LogP contribution in [0.4, 0.5) is 5.69 Å². The number of hydrogen-bond donors (Lipinski definition) is 2. The Morgan fingerprint density at radius 3 is 2.71 bits per heavy atom. The molecular weight excluding hydrogens is 272 g/mol. The number of cyclic esters (lactones) is 2. The van der Waals surface area contributed by atoms with Gasteiger partial charge in [0.2, 0.25) is 0 Å². The third-order valence-corrected chi connectivity index (χ3v) is 3.32. The lowest BCUT2D eigenvalue weighted by molar-refractivity contribution is 0.0444. The normalized spacial score (nSPS) is 14.7.